The van der Waals surface area contributed by atoms with Gasteiger partial charge in [-0.15, -0.1) is 0 Å². The maximum atomic E-state index is 10.6. The van der Waals surface area contributed by atoms with Crippen LogP contribution in [0.25, 0.3) is 0 Å². The Morgan fingerprint density at radius 2 is 2.10 bits per heavy atom. The molecule has 0 bridgehead atoms. The number of aliphatic hydroxyl groups is 1. The zero-order chi connectivity index (χ0) is 13.9. The number of anilines is 1. The van der Waals surface area contributed by atoms with Crippen LogP contribution in [0, 0.1) is 0 Å². The highest BCUT2D eigenvalue weighted by Crippen LogP contribution is 2.35. The molecule has 0 spiro atoms. The fourth-order valence-corrected chi connectivity index (χ4v) is 3.18. The second kappa shape index (κ2) is 5.63. The highest BCUT2D eigenvalue weighted by molar-refractivity contribution is 5.40. The summed E-state index contributed by atoms with van der Waals surface area (Å²) in [5.41, 5.74) is 9.48. The fourth-order valence-electron chi connectivity index (χ4n) is 3.18. The lowest BCUT2D eigenvalue weighted by atomic mass is 9.78. The third kappa shape index (κ3) is 2.54. The van der Waals surface area contributed by atoms with E-state index in [-0.39, 0.29) is 5.92 Å². The van der Waals surface area contributed by atoms with E-state index in [1.54, 1.807) is 6.20 Å². The van der Waals surface area contributed by atoms with Crippen LogP contribution in [-0.2, 0) is 12.8 Å². The quantitative estimate of drug-likeness (QED) is 0.899. The first-order valence-electron chi connectivity index (χ1n) is 7.21. The van der Waals surface area contributed by atoms with Crippen LogP contribution in [0.4, 0.5) is 5.82 Å². The number of aromatic nitrogens is 1. The first-order valence-corrected chi connectivity index (χ1v) is 7.21. The number of hydrogen-bond acceptors (Lipinski definition) is 3. The van der Waals surface area contributed by atoms with Gasteiger partial charge in [0.05, 0.1) is 6.10 Å². The second-order valence-corrected chi connectivity index (χ2v) is 5.52. The van der Waals surface area contributed by atoms with Gasteiger partial charge in [-0.05, 0) is 42.0 Å². The molecule has 2 aromatic rings. The molecule has 0 radical (unpaired) electrons. The largest absolute Gasteiger partial charge is 0.392 e. The summed E-state index contributed by atoms with van der Waals surface area (Å²) >= 11 is 0. The number of nitrogens with two attached hydrogens (primary N) is 1. The van der Waals surface area contributed by atoms with Crippen molar-refractivity contribution in [2.75, 3.05) is 5.73 Å². The third-order valence-corrected chi connectivity index (χ3v) is 4.24. The van der Waals surface area contributed by atoms with E-state index in [2.05, 4.69) is 29.2 Å². The van der Waals surface area contributed by atoms with E-state index in [1.807, 2.05) is 12.1 Å². The molecule has 20 heavy (non-hydrogen) atoms. The van der Waals surface area contributed by atoms with Crippen LogP contribution in [0.2, 0.25) is 0 Å². The predicted molar refractivity (Wildman–Crippen MR) is 80.5 cm³/mol. The SMILES string of the molecule is Nc1ncccc1CC(O)C1CCCc2ccccc21. The van der Waals surface area contributed by atoms with Crippen LogP contribution in [-0.4, -0.2) is 16.2 Å². The molecule has 3 N–H and O–H groups in total. The Labute approximate surface area is 119 Å². The first-order chi connectivity index (χ1) is 9.75. The number of rotatable bonds is 3. The Morgan fingerprint density at radius 3 is 2.95 bits per heavy atom. The van der Waals surface area contributed by atoms with Gasteiger partial charge in [0.1, 0.15) is 5.82 Å². The molecule has 1 heterocycles. The molecule has 0 saturated heterocycles. The molecule has 0 aliphatic heterocycles. The summed E-state index contributed by atoms with van der Waals surface area (Å²) < 4.78 is 0. The third-order valence-electron chi connectivity index (χ3n) is 4.24. The summed E-state index contributed by atoms with van der Waals surface area (Å²) in [6.45, 7) is 0. The van der Waals surface area contributed by atoms with E-state index >= 15 is 0 Å². The number of nitrogens with zero attached hydrogens (tertiary/aromatic N) is 1. The van der Waals surface area contributed by atoms with Crippen molar-refractivity contribution < 1.29 is 5.11 Å². The number of nitrogen functional groups attached to an aromatic ring is 1. The first kappa shape index (κ1) is 13.1. The highest BCUT2D eigenvalue weighted by Gasteiger charge is 2.26. The van der Waals surface area contributed by atoms with Gasteiger partial charge in [0, 0.05) is 18.5 Å². The van der Waals surface area contributed by atoms with Gasteiger partial charge in [-0.2, -0.15) is 0 Å². The van der Waals surface area contributed by atoms with Crippen molar-refractivity contribution in [3.05, 3.63) is 59.3 Å². The second-order valence-electron chi connectivity index (χ2n) is 5.52. The Hall–Kier alpha value is -1.87. The van der Waals surface area contributed by atoms with Gasteiger partial charge in [0.15, 0.2) is 0 Å². The predicted octanol–water partition coefficient (Wildman–Crippen LogP) is 2.69. The van der Waals surface area contributed by atoms with E-state index in [1.165, 1.54) is 11.1 Å². The lowest BCUT2D eigenvalue weighted by Crippen LogP contribution is -2.25. The Bertz CT molecular complexity index is 597. The van der Waals surface area contributed by atoms with Gasteiger partial charge in [-0.1, -0.05) is 30.3 Å². The van der Waals surface area contributed by atoms with Crippen molar-refractivity contribution in [2.24, 2.45) is 0 Å². The normalized spacial score (nSPS) is 19.4. The van der Waals surface area contributed by atoms with Crippen LogP contribution in [0.5, 0.6) is 0 Å². The monoisotopic (exact) mass is 268 g/mol. The number of aryl methyl sites for hydroxylation is 1. The van der Waals surface area contributed by atoms with Crippen molar-refractivity contribution in [2.45, 2.75) is 37.7 Å². The number of hydrogen-bond donors (Lipinski definition) is 2. The molecular weight excluding hydrogens is 248 g/mol. The molecule has 104 valence electrons. The summed E-state index contributed by atoms with van der Waals surface area (Å²) in [6.07, 6.45) is 5.15. The van der Waals surface area contributed by atoms with Crippen molar-refractivity contribution in [3.63, 3.8) is 0 Å². The molecule has 3 nitrogen and oxygen atoms in total. The molecule has 0 saturated carbocycles. The van der Waals surface area contributed by atoms with Gasteiger partial charge in [-0.3, -0.25) is 0 Å². The average Bonchev–Trinajstić information content (AvgIpc) is 2.49. The van der Waals surface area contributed by atoms with Crippen LogP contribution < -0.4 is 5.73 Å². The summed E-state index contributed by atoms with van der Waals surface area (Å²) in [6, 6.07) is 12.3. The van der Waals surface area contributed by atoms with Gasteiger partial charge in [0.2, 0.25) is 0 Å². The Kier molecular flexibility index (Phi) is 3.70. The molecule has 1 aliphatic rings. The summed E-state index contributed by atoms with van der Waals surface area (Å²) in [5.74, 6) is 0.732. The van der Waals surface area contributed by atoms with Gasteiger partial charge < -0.3 is 10.8 Å². The van der Waals surface area contributed by atoms with Crippen molar-refractivity contribution in [1.29, 1.82) is 0 Å². The minimum absolute atomic E-state index is 0.208. The van der Waals surface area contributed by atoms with Crippen molar-refractivity contribution >= 4 is 5.82 Å². The number of benzene rings is 1. The average molecular weight is 268 g/mol. The van der Waals surface area contributed by atoms with Crippen LogP contribution in [0.1, 0.15) is 35.4 Å². The summed E-state index contributed by atoms with van der Waals surface area (Å²) in [4.78, 5) is 4.09. The standard InChI is InChI=1S/C17H20N2O/c18-17-13(7-4-10-19-17)11-16(20)15-9-3-6-12-5-1-2-8-14(12)15/h1-2,4-5,7-8,10,15-16,20H,3,6,9,11H2,(H2,18,19). The van der Waals surface area contributed by atoms with Crippen molar-refractivity contribution in [3.8, 4) is 0 Å². The molecule has 2 atom stereocenters. The minimum atomic E-state index is -0.400. The van der Waals surface area contributed by atoms with E-state index < -0.39 is 6.10 Å². The fraction of sp³-hybridized carbons (Fsp3) is 0.353. The minimum Gasteiger partial charge on any atom is -0.392 e. The van der Waals surface area contributed by atoms with E-state index in [0.29, 0.717) is 12.2 Å². The molecule has 3 rings (SSSR count). The summed E-state index contributed by atoms with van der Waals surface area (Å²) in [5, 5.41) is 10.6. The molecule has 2 unspecified atom stereocenters. The molecule has 3 heteroatoms. The lowest BCUT2D eigenvalue weighted by Gasteiger charge is -2.29. The van der Waals surface area contributed by atoms with Crippen LogP contribution in [0.3, 0.4) is 0 Å². The maximum absolute atomic E-state index is 10.6. The number of fused-ring (bicyclic) bond motifs is 1. The highest BCUT2D eigenvalue weighted by atomic mass is 16.3. The van der Waals surface area contributed by atoms with Crippen molar-refractivity contribution in [1.82, 2.24) is 4.98 Å². The summed E-state index contributed by atoms with van der Waals surface area (Å²) in [7, 11) is 0. The molecule has 1 aromatic heterocycles. The van der Waals surface area contributed by atoms with E-state index in [0.717, 1.165) is 24.8 Å². The molecule has 0 amide bonds. The van der Waals surface area contributed by atoms with Crippen LogP contribution >= 0.6 is 0 Å². The topological polar surface area (TPSA) is 59.1 Å². The smallest absolute Gasteiger partial charge is 0.126 e. The van der Waals surface area contributed by atoms with E-state index in [9.17, 15) is 5.11 Å². The Morgan fingerprint density at radius 1 is 1.25 bits per heavy atom. The number of aliphatic hydroxyl groups excluding tert-OH is 1. The van der Waals surface area contributed by atoms with Gasteiger partial charge >= 0.3 is 0 Å². The van der Waals surface area contributed by atoms with Gasteiger partial charge in [-0.25, -0.2) is 4.98 Å². The molecule has 1 aliphatic carbocycles. The maximum Gasteiger partial charge on any atom is 0.126 e. The zero-order valence-corrected chi connectivity index (χ0v) is 11.5. The lowest BCUT2D eigenvalue weighted by molar-refractivity contribution is 0.134. The molecular formula is C17H20N2O. The van der Waals surface area contributed by atoms with Crippen LogP contribution in [0.15, 0.2) is 42.6 Å². The zero-order valence-electron chi connectivity index (χ0n) is 11.5. The molecule has 1 aromatic carbocycles. The van der Waals surface area contributed by atoms with Gasteiger partial charge in [0.25, 0.3) is 0 Å². The Balaban J connectivity index is 1.82. The molecule has 0 fully saturated rings. The number of pyridine rings is 1. The van der Waals surface area contributed by atoms with E-state index in [4.69, 9.17) is 5.73 Å².